The number of rotatable bonds is 7. The van der Waals surface area contributed by atoms with E-state index in [1.807, 2.05) is 60.7 Å². The summed E-state index contributed by atoms with van der Waals surface area (Å²) in [6.07, 6.45) is 4.94. The third-order valence-corrected chi connectivity index (χ3v) is 5.46. The first-order chi connectivity index (χ1) is 16.7. The van der Waals surface area contributed by atoms with Crippen LogP contribution < -0.4 is 11.1 Å². The predicted molar refractivity (Wildman–Crippen MR) is 134 cm³/mol. The number of aromatic nitrogens is 4. The summed E-state index contributed by atoms with van der Waals surface area (Å²) in [6.45, 7) is 0.512. The molecule has 0 unspecified atom stereocenters. The number of nitrogens with two attached hydrogens (primary N) is 1. The quantitative estimate of drug-likeness (QED) is 0.290. The maximum Gasteiger partial charge on any atom is 0.257 e. The molecule has 1 amide bonds. The van der Waals surface area contributed by atoms with Crippen LogP contribution in [0, 0.1) is 0 Å². The first kappa shape index (κ1) is 21.3. The van der Waals surface area contributed by atoms with Crippen LogP contribution in [0.4, 0.5) is 5.82 Å². The number of carbonyl (C=O) groups is 1. The van der Waals surface area contributed by atoms with Crippen molar-refractivity contribution >= 4 is 40.1 Å². The van der Waals surface area contributed by atoms with Crippen LogP contribution in [0.1, 0.15) is 28.0 Å². The van der Waals surface area contributed by atoms with E-state index in [1.54, 1.807) is 12.4 Å². The number of anilines is 1. The van der Waals surface area contributed by atoms with Gasteiger partial charge in [0.15, 0.2) is 5.65 Å². The molecule has 0 aliphatic carbocycles. The molecule has 0 spiro atoms. The minimum atomic E-state index is -0.299. The van der Waals surface area contributed by atoms with Gasteiger partial charge in [0.2, 0.25) is 0 Å². The van der Waals surface area contributed by atoms with E-state index >= 15 is 0 Å². The summed E-state index contributed by atoms with van der Waals surface area (Å²) in [5.74, 6) is -0.120. The van der Waals surface area contributed by atoms with Crippen LogP contribution in [0.5, 0.6) is 0 Å². The van der Waals surface area contributed by atoms with E-state index in [4.69, 9.17) is 15.7 Å². The number of benzene rings is 2. The van der Waals surface area contributed by atoms with Crippen molar-refractivity contribution in [2.24, 2.45) is 5.10 Å². The highest BCUT2D eigenvalue weighted by molar-refractivity contribution is 6.10. The van der Waals surface area contributed by atoms with Gasteiger partial charge in [0.25, 0.3) is 5.91 Å². The van der Waals surface area contributed by atoms with Gasteiger partial charge >= 0.3 is 0 Å². The number of hydrogen-bond donors (Lipinski definition) is 2. The minimum absolute atomic E-state index is 0.179. The molecule has 0 bridgehead atoms. The molecule has 2 aromatic carbocycles. The zero-order chi connectivity index (χ0) is 23.3. The molecule has 0 aliphatic heterocycles. The molecule has 8 heteroatoms. The van der Waals surface area contributed by atoms with Gasteiger partial charge in [0, 0.05) is 12.7 Å². The van der Waals surface area contributed by atoms with Gasteiger partial charge in [-0.2, -0.15) is 9.78 Å². The van der Waals surface area contributed by atoms with E-state index in [2.05, 4.69) is 27.5 Å². The number of amides is 1. The molecule has 0 aliphatic rings. The number of para-hydroxylation sites is 2. The molecule has 3 N–H and O–H groups in total. The third-order valence-electron chi connectivity index (χ3n) is 5.46. The van der Waals surface area contributed by atoms with E-state index in [1.165, 1.54) is 10.2 Å². The van der Waals surface area contributed by atoms with Crippen molar-refractivity contribution in [3.8, 4) is 0 Å². The second-order valence-corrected chi connectivity index (χ2v) is 7.80. The summed E-state index contributed by atoms with van der Waals surface area (Å²) < 4.78 is 1.45. The molecule has 168 valence electrons. The number of aryl methyl sites for hydroxylation is 1. The SMILES string of the molecule is Nc1c(C(=O)NCCCc2ccccc2)c2nc3ccccc3nc2n1/N=C\c1ccccn1. The number of carbonyl (C=O) groups excluding carboxylic acids is 1. The van der Waals surface area contributed by atoms with Gasteiger partial charge in [0.05, 0.1) is 22.9 Å². The standard InChI is InChI=1S/C26H23N7O/c27-24-22(26(34)29-16-8-11-18-9-2-1-3-10-18)23-25(32-21-14-5-4-13-20(21)31-23)33(24)30-17-19-12-6-7-15-28-19/h1-7,9-10,12-15,17H,8,11,16,27H2,(H,29,34)/b30-17-. The number of hydrogen-bond acceptors (Lipinski definition) is 6. The molecule has 0 atom stereocenters. The zero-order valence-corrected chi connectivity index (χ0v) is 18.4. The van der Waals surface area contributed by atoms with Crippen molar-refractivity contribution in [1.29, 1.82) is 0 Å². The Morgan fingerprint density at radius 3 is 2.47 bits per heavy atom. The van der Waals surface area contributed by atoms with Crippen molar-refractivity contribution in [2.75, 3.05) is 12.3 Å². The van der Waals surface area contributed by atoms with Crippen molar-refractivity contribution in [1.82, 2.24) is 24.9 Å². The average Bonchev–Trinajstić information content (AvgIpc) is 3.15. The van der Waals surface area contributed by atoms with E-state index in [0.717, 1.165) is 12.8 Å². The number of fused-ring (bicyclic) bond motifs is 2. The molecule has 34 heavy (non-hydrogen) atoms. The van der Waals surface area contributed by atoms with Crippen LogP contribution in [-0.4, -0.2) is 38.3 Å². The minimum Gasteiger partial charge on any atom is -0.383 e. The Labute approximate surface area is 196 Å². The van der Waals surface area contributed by atoms with Crippen LogP contribution in [0.15, 0.2) is 84.1 Å². The Morgan fingerprint density at radius 1 is 0.971 bits per heavy atom. The first-order valence-electron chi connectivity index (χ1n) is 11.0. The van der Waals surface area contributed by atoms with E-state index < -0.39 is 0 Å². The fourth-order valence-electron chi connectivity index (χ4n) is 3.78. The van der Waals surface area contributed by atoms with Gasteiger partial charge in [-0.1, -0.05) is 48.5 Å². The summed E-state index contributed by atoms with van der Waals surface area (Å²) in [7, 11) is 0. The van der Waals surface area contributed by atoms with Crippen LogP contribution in [-0.2, 0) is 6.42 Å². The maximum atomic E-state index is 13.2. The summed E-state index contributed by atoms with van der Waals surface area (Å²) in [5, 5.41) is 7.44. The fourth-order valence-corrected chi connectivity index (χ4v) is 3.78. The van der Waals surface area contributed by atoms with Crippen LogP contribution in [0.2, 0.25) is 0 Å². The van der Waals surface area contributed by atoms with Crippen molar-refractivity contribution < 1.29 is 4.79 Å². The number of nitrogens with one attached hydrogen (secondary N) is 1. The fraction of sp³-hybridized carbons (Fsp3) is 0.115. The zero-order valence-electron chi connectivity index (χ0n) is 18.4. The van der Waals surface area contributed by atoms with Crippen molar-refractivity contribution in [2.45, 2.75) is 12.8 Å². The first-order valence-corrected chi connectivity index (χ1v) is 11.0. The van der Waals surface area contributed by atoms with Gasteiger partial charge in [-0.05, 0) is 42.7 Å². The lowest BCUT2D eigenvalue weighted by molar-refractivity contribution is 0.0955. The van der Waals surface area contributed by atoms with Gasteiger partial charge in [-0.25, -0.2) is 9.97 Å². The normalized spacial score (nSPS) is 11.4. The Kier molecular flexibility index (Phi) is 5.94. The summed E-state index contributed by atoms with van der Waals surface area (Å²) in [6, 6.07) is 23.2. The number of nitrogens with zero attached hydrogens (tertiary/aromatic N) is 5. The smallest absolute Gasteiger partial charge is 0.257 e. The van der Waals surface area contributed by atoms with Crippen LogP contribution >= 0.6 is 0 Å². The largest absolute Gasteiger partial charge is 0.383 e. The van der Waals surface area contributed by atoms with Crippen molar-refractivity contribution in [3.05, 3.63) is 95.8 Å². The molecular weight excluding hydrogens is 426 g/mol. The Balaban J connectivity index is 1.47. The molecular formula is C26H23N7O. The van der Waals surface area contributed by atoms with E-state index in [-0.39, 0.29) is 17.3 Å². The highest BCUT2D eigenvalue weighted by Crippen LogP contribution is 2.27. The van der Waals surface area contributed by atoms with E-state index in [0.29, 0.717) is 34.4 Å². The van der Waals surface area contributed by atoms with Gasteiger partial charge < -0.3 is 11.1 Å². The molecule has 0 saturated carbocycles. The average molecular weight is 450 g/mol. The summed E-state index contributed by atoms with van der Waals surface area (Å²) in [5.41, 5.74) is 10.8. The molecule has 5 aromatic rings. The van der Waals surface area contributed by atoms with Gasteiger partial charge in [-0.15, -0.1) is 0 Å². The third kappa shape index (κ3) is 4.33. The number of pyridine rings is 1. The van der Waals surface area contributed by atoms with Gasteiger partial charge in [0.1, 0.15) is 16.9 Å². The second-order valence-electron chi connectivity index (χ2n) is 7.80. The molecule has 8 nitrogen and oxygen atoms in total. The van der Waals surface area contributed by atoms with Crippen LogP contribution in [0.25, 0.3) is 22.2 Å². The summed E-state index contributed by atoms with van der Waals surface area (Å²) >= 11 is 0. The molecule has 0 fully saturated rings. The maximum absolute atomic E-state index is 13.2. The topological polar surface area (TPSA) is 111 Å². The number of nitrogen functional groups attached to an aromatic ring is 1. The lowest BCUT2D eigenvalue weighted by Crippen LogP contribution is -2.25. The molecule has 3 heterocycles. The molecule has 5 rings (SSSR count). The monoisotopic (exact) mass is 449 g/mol. The predicted octanol–water partition coefficient (Wildman–Crippen LogP) is 3.81. The highest BCUT2D eigenvalue weighted by Gasteiger charge is 2.23. The van der Waals surface area contributed by atoms with E-state index in [9.17, 15) is 4.79 Å². The lowest BCUT2D eigenvalue weighted by atomic mass is 10.1. The van der Waals surface area contributed by atoms with Crippen molar-refractivity contribution in [3.63, 3.8) is 0 Å². The lowest BCUT2D eigenvalue weighted by Gasteiger charge is -2.06. The Morgan fingerprint density at radius 2 is 1.71 bits per heavy atom. The highest BCUT2D eigenvalue weighted by atomic mass is 16.1. The molecule has 3 aromatic heterocycles. The Bertz CT molecular complexity index is 1480. The molecule has 0 radical (unpaired) electrons. The summed E-state index contributed by atoms with van der Waals surface area (Å²) in [4.78, 5) is 26.8. The van der Waals surface area contributed by atoms with Crippen LogP contribution in [0.3, 0.4) is 0 Å². The Hall–Kier alpha value is -4.59. The second kappa shape index (κ2) is 9.50. The van der Waals surface area contributed by atoms with Gasteiger partial charge in [-0.3, -0.25) is 9.78 Å². The molecule has 0 saturated heterocycles.